The number of rotatable bonds is 7. The zero-order valence-electron chi connectivity index (χ0n) is 13.4. The topological polar surface area (TPSA) is 77.5 Å². The van der Waals surface area contributed by atoms with Gasteiger partial charge in [-0.15, -0.1) is 0 Å². The summed E-state index contributed by atoms with van der Waals surface area (Å²) in [5.74, 6) is 1.87. The Balaban J connectivity index is 2.12. The van der Waals surface area contributed by atoms with Gasteiger partial charge < -0.3 is 14.8 Å². The zero-order chi connectivity index (χ0) is 16.9. The molecule has 0 aliphatic rings. The van der Waals surface area contributed by atoms with Crippen molar-refractivity contribution in [3.8, 4) is 11.5 Å². The number of benzene rings is 1. The molecule has 1 N–H and O–H groups in total. The van der Waals surface area contributed by atoms with Gasteiger partial charge in [0.15, 0.2) is 9.84 Å². The standard InChI is InChI=1S/C16H20N2O4S/c1-21-13-6-7-14(22-2)12(11-13)8-10-18-16-15(23(3,19)20)5-4-9-17-16/h4-7,9,11H,8,10H2,1-3H3,(H,17,18). The fraction of sp³-hybridized carbons (Fsp3) is 0.312. The molecule has 0 atom stereocenters. The van der Waals surface area contributed by atoms with Crippen LogP contribution < -0.4 is 14.8 Å². The zero-order valence-corrected chi connectivity index (χ0v) is 14.2. The molecule has 0 saturated carbocycles. The molecule has 6 nitrogen and oxygen atoms in total. The Morgan fingerprint density at radius 3 is 2.61 bits per heavy atom. The number of nitrogens with one attached hydrogen (secondary N) is 1. The number of hydrogen-bond donors (Lipinski definition) is 1. The molecule has 0 radical (unpaired) electrons. The third kappa shape index (κ3) is 4.35. The van der Waals surface area contributed by atoms with Crippen LogP contribution in [0.4, 0.5) is 5.82 Å². The largest absolute Gasteiger partial charge is 0.497 e. The van der Waals surface area contributed by atoms with Gasteiger partial charge in [-0.1, -0.05) is 0 Å². The second-order valence-electron chi connectivity index (χ2n) is 4.98. The average Bonchev–Trinajstić information content (AvgIpc) is 2.54. The molecular formula is C16H20N2O4S. The summed E-state index contributed by atoms with van der Waals surface area (Å²) in [6.45, 7) is 0.517. The minimum atomic E-state index is -3.32. The van der Waals surface area contributed by atoms with Gasteiger partial charge in [0, 0.05) is 19.0 Å². The van der Waals surface area contributed by atoms with Crippen LogP contribution in [0.2, 0.25) is 0 Å². The molecule has 2 rings (SSSR count). The van der Waals surface area contributed by atoms with Crippen molar-refractivity contribution in [2.75, 3.05) is 32.3 Å². The lowest BCUT2D eigenvalue weighted by molar-refractivity contribution is 0.399. The lowest BCUT2D eigenvalue weighted by Crippen LogP contribution is -2.11. The maximum absolute atomic E-state index is 11.8. The molecule has 0 aliphatic carbocycles. The summed E-state index contributed by atoms with van der Waals surface area (Å²) in [5.41, 5.74) is 0.969. The van der Waals surface area contributed by atoms with E-state index in [0.717, 1.165) is 17.1 Å². The van der Waals surface area contributed by atoms with Crippen molar-refractivity contribution in [3.63, 3.8) is 0 Å². The highest BCUT2D eigenvalue weighted by molar-refractivity contribution is 7.90. The Bertz CT molecular complexity index is 775. The number of anilines is 1. The summed E-state index contributed by atoms with van der Waals surface area (Å²) in [7, 11) is -0.104. The Hall–Kier alpha value is -2.28. The second kappa shape index (κ2) is 7.32. The molecule has 1 aromatic heterocycles. The van der Waals surface area contributed by atoms with E-state index in [1.807, 2.05) is 18.2 Å². The van der Waals surface area contributed by atoms with Crippen molar-refractivity contribution in [1.29, 1.82) is 0 Å². The molecule has 0 fully saturated rings. The van der Waals surface area contributed by atoms with E-state index < -0.39 is 9.84 Å². The van der Waals surface area contributed by atoms with Crippen molar-refractivity contribution in [2.45, 2.75) is 11.3 Å². The molecule has 23 heavy (non-hydrogen) atoms. The molecule has 7 heteroatoms. The predicted octanol–water partition coefficient (Wildman–Crippen LogP) is 2.16. The van der Waals surface area contributed by atoms with E-state index in [1.165, 1.54) is 12.3 Å². The molecule has 2 aromatic rings. The van der Waals surface area contributed by atoms with Crippen LogP contribution in [0.15, 0.2) is 41.4 Å². The number of ether oxygens (including phenoxy) is 2. The molecular weight excluding hydrogens is 316 g/mol. The van der Waals surface area contributed by atoms with Gasteiger partial charge in [0.25, 0.3) is 0 Å². The summed E-state index contributed by atoms with van der Waals surface area (Å²) in [4.78, 5) is 4.30. The highest BCUT2D eigenvalue weighted by atomic mass is 32.2. The van der Waals surface area contributed by atoms with E-state index in [2.05, 4.69) is 10.3 Å². The van der Waals surface area contributed by atoms with Crippen LogP contribution in [0.3, 0.4) is 0 Å². The van der Waals surface area contributed by atoms with Crippen molar-refractivity contribution in [3.05, 3.63) is 42.1 Å². The first kappa shape index (κ1) is 17.1. The van der Waals surface area contributed by atoms with Crippen LogP contribution in [0, 0.1) is 0 Å². The lowest BCUT2D eigenvalue weighted by Gasteiger charge is -2.12. The van der Waals surface area contributed by atoms with Crippen LogP contribution in [0.5, 0.6) is 11.5 Å². The van der Waals surface area contributed by atoms with Crippen LogP contribution in [-0.2, 0) is 16.3 Å². The molecule has 0 bridgehead atoms. The number of aromatic nitrogens is 1. The number of pyridine rings is 1. The number of hydrogen-bond acceptors (Lipinski definition) is 6. The van der Waals surface area contributed by atoms with Crippen molar-refractivity contribution >= 4 is 15.7 Å². The summed E-state index contributed by atoms with van der Waals surface area (Å²) in [5, 5.41) is 3.07. The smallest absolute Gasteiger partial charge is 0.179 e. The normalized spacial score (nSPS) is 11.1. The van der Waals surface area contributed by atoms with Crippen LogP contribution in [0.25, 0.3) is 0 Å². The van der Waals surface area contributed by atoms with Gasteiger partial charge >= 0.3 is 0 Å². The Morgan fingerprint density at radius 2 is 1.96 bits per heavy atom. The highest BCUT2D eigenvalue weighted by Gasteiger charge is 2.13. The molecule has 1 aromatic carbocycles. The fourth-order valence-electron chi connectivity index (χ4n) is 2.22. The molecule has 0 saturated heterocycles. The van der Waals surface area contributed by atoms with Crippen molar-refractivity contribution in [1.82, 2.24) is 4.98 Å². The minimum Gasteiger partial charge on any atom is -0.497 e. The van der Waals surface area contributed by atoms with Crippen LogP contribution in [-0.4, -0.2) is 40.4 Å². The van der Waals surface area contributed by atoms with E-state index in [0.29, 0.717) is 18.8 Å². The van der Waals surface area contributed by atoms with Crippen LogP contribution in [0.1, 0.15) is 5.56 Å². The second-order valence-corrected chi connectivity index (χ2v) is 6.96. The third-order valence-corrected chi connectivity index (χ3v) is 4.47. The summed E-state index contributed by atoms with van der Waals surface area (Å²) in [6.07, 6.45) is 3.36. The summed E-state index contributed by atoms with van der Waals surface area (Å²) in [6, 6.07) is 8.72. The molecule has 0 amide bonds. The van der Waals surface area contributed by atoms with Gasteiger partial charge in [0.05, 0.1) is 14.2 Å². The number of nitrogens with zero attached hydrogens (tertiary/aromatic N) is 1. The summed E-state index contributed by atoms with van der Waals surface area (Å²) >= 11 is 0. The first-order valence-corrected chi connectivity index (χ1v) is 8.94. The Kier molecular flexibility index (Phi) is 5.44. The molecule has 124 valence electrons. The monoisotopic (exact) mass is 336 g/mol. The SMILES string of the molecule is COc1ccc(OC)c(CCNc2ncccc2S(C)(=O)=O)c1. The first-order valence-electron chi connectivity index (χ1n) is 7.05. The maximum Gasteiger partial charge on any atom is 0.179 e. The third-order valence-electron chi connectivity index (χ3n) is 3.34. The molecule has 0 aliphatic heterocycles. The minimum absolute atomic E-state index is 0.192. The van der Waals surface area contributed by atoms with Crippen molar-refractivity contribution < 1.29 is 17.9 Å². The molecule has 1 heterocycles. The maximum atomic E-state index is 11.8. The van der Waals surface area contributed by atoms with Gasteiger partial charge in [-0.3, -0.25) is 0 Å². The predicted molar refractivity (Wildman–Crippen MR) is 89.1 cm³/mol. The van der Waals surface area contributed by atoms with Gasteiger partial charge in [0.1, 0.15) is 22.2 Å². The highest BCUT2D eigenvalue weighted by Crippen LogP contribution is 2.25. The Morgan fingerprint density at radius 1 is 1.17 bits per heavy atom. The molecule has 0 unspecified atom stereocenters. The lowest BCUT2D eigenvalue weighted by atomic mass is 10.1. The van der Waals surface area contributed by atoms with Gasteiger partial charge in [0.2, 0.25) is 0 Å². The van der Waals surface area contributed by atoms with E-state index in [4.69, 9.17) is 9.47 Å². The van der Waals surface area contributed by atoms with Gasteiger partial charge in [-0.25, -0.2) is 13.4 Å². The van der Waals surface area contributed by atoms with Crippen molar-refractivity contribution in [2.24, 2.45) is 0 Å². The fourth-order valence-corrected chi connectivity index (χ4v) is 3.02. The molecule has 0 spiro atoms. The van der Waals surface area contributed by atoms with E-state index in [-0.39, 0.29) is 4.90 Å². The number of methoxy groups -OCH3 is 2. The average molecular weight is 336 g/mol. The summed E-state index contributed by atoms with van der Waals surface area (Å²) < 4.78 is 34.1. The van der Waals surface area contributed by atoms with E-state index in [9.17, 15) is 8.42 Å². The number of sulfone groups is 1. The van der Waals surface area contributed by atoms with E-state index >= 15 is 0 Å². The van der Waals surface area contributed by atoms with Crippen LogP contribution >= 0.6 is 0 Å². The van der Waals surface area contributed by atoms with Gasteiger partial charge in [-0.05, 0) is 42.3 Å². The Labute approximate surface area is 136 Å². The van der Waals surface area contributed by atoms with E-state index in [1.54, 1.807) is 26.5 Å². The quantitative estimate of drug-likeness (QED) is 0.835. The van der Waals surface area contributed by atoms with Gasteiger partial charge in [-0.2, -0.15) is 0 Å². The first-order chi connectivity index (χ1) is 11.0.